The minimum absolute atomic E-state index is 0.108. The van der Waals surface area contributed by atoms with Crippen molar-refractivity contribution >= 4 is 11.8 Å². The van der Waals surface area contributed by atoms with Crippen molar-refractivity contribution in [3.05, 3.63) is 23.8 Å². The van der Waals surface area contributed by atoms with Crippen LogP contribution in [-0.4, -0.2) is 36.4 Å². The third-order valence-electron chi connectivity index (χ3n) is 3.00. The van der Waals surface area contributed by atoms with Crippen LogP contribution >= 0.6 is 11.8 Å². The Bertz CT molecular complexity index is 394. The first-order valence-electron chi connectivity index (χ1n) is 6.04. The lowest BCUT2D eigenvalue weighted by atomic mass is 10.1. The number of ether oxygens (including phenoxy) is 2. The monoisotopic (exact) mass is 269 g/mol. The number of benzene rings is 1. The van der Waals surface area contributed by atoms with Crippen molar-refractivity contribution in [2.24, 2.45) is 5.73 Å². The predicted octanol–water partition coefficient (Wildman–Crippen LogP) is 1.57. The molecule has 4 nitrogen and oxygen atoms in total. The molecule has 0 amide bonds. The van der Waals surface area contributed by atoms with Gasteiger partial charge in [-0.25, -0.2) is 0 Å². The molecule has 1 aromatic rings. The third-order valence-corrected chi connectivity index (χ3v) is 4.13. The smallest absolute Gasteiger partial charge is 0.166 e. The first-order chi connectivity index (χ1) is 8.76. The minimum Gasteiger partial charge on any atom is -0.493 e. The highest BCUT2D eigenvalue weighted by Gasteiger charge is 2.22. The van der Waals surface area contributed by atoms with Gasteiger partial charge in [-0.15, -0.1) is 0 Å². The molecule has 3 N–H and O–H groups in total. The Morgan fingerprint density at radius 2 is 2.39 bits per heavy atom. The summed E-state index contributed by atoms with van der Waals surface area (Å²) in [5, 5.41) is 9.21. The molecule has 18 heavy (non-hydrogen) atoms. The van der Waals surface area contributed by atoms with Gasteiger partial charge in [-0.3, -0.25) is 0 Å². The van der Waals surface area contributed by atoms with Crippen LogP contribution in [0.15, 0.2) is 18.2 Å². The normalized spacial score (nSPS) is 20.7. The second kappa shape index (κ2) is 6.31. The van der Waals surface area contributed by atoms with Gasteiger partial charge in [0.05, 0.1) is 19.8 Å². The van der Waals surface area contributed by atoms with Gasteiger partial charge in [-0.05, 0) is 18.2 Å². The molecule has 0 bridgehead atoms. The molecule has 2 rings (SSSR count). The largest absolute Gasteiger partial charge is 0.493 e. The summed E-state index contributed by atoms with van der Waals surface area (Å²) in [5.41, 5.74) is 6.70. The lowest BCUT2D eigenvalue weighted by Gasteiger charge is -2.21. The first-order valence-corrected chi connectivity index (χ1v) is 7.19. The number of hydrogen-bond acceptors (Lipinski definition) is 5. The Balaban J connectivity index is 2.27. The minimum atomic E-state index is -0.441. The van der Waals surface area contributed by atoms with Gasteiger partial charge >= 0.3 is 0 Å². The van der Waals surface area contributed by atoms with E-state index in [1.165, 1.54) is 0 Å². The number of aliphatic hydroxyl groups excluding tert-OH is 1. The van der Waals surface area contributed by atoms with Crippen molar-refractivity contribution in [3.8, 4) is 11.5 Å². The van der Waals surface area contributed by atoms with Gasteiger partial charge in [-0.2, -0.15) is 11.8 Å². The fourth-order valence-electron chi connectivity index (χ4n) is 1.98. The lowest BCUT2D eigenvalue weighted by molar-refractivity contribution is 0.209. The number of rotatable bonds is 5. The molecular weight excluding hydrogens is 250 g/mol. The standard InChI is InChI=1S/C13H19NO3S/c1-16-12-4-2-3-10(11(14)7-15)13(12)17-9-5-6-18-8-9/h2-4,9,11,15H,5-8,14H2,1H3. The molecule has 5 heteroatoms. The van der Waals surface area contributed by atoms with Crippen LogP contribution in [0.25, 0.3) is 0 Å². The topological polar surface area (TPSA) is 64.7 Å². The maximum atomic E-state index is 9.21. The summed E-state index contributed by atoms with van der Waals surface area (Å²) in [5.74, 6) is 3.47. The van der Waals surface area contributed by atoms with Gasteiger partial charge in [-0.1, -0.05) is 12.1 Å². The van der Waals surface area contributed by atoms with Crippen LogP contribution in [0.4, 0.5) is 0 Å². The fourth-order valence-corrected chi connectivity index (χ4v) is 3.08. The van der Waals surface area contributed by atoms with E-state index in [1.54, 1.807) is 7.11 Å². The van der Waals surface area contributed by atoms with E-state index in [2.05, 4.69) is 0 Å². The molecule has 1 fully saturated rings. The molecule has 0 saturated carbocycles. The molecule has 100 valence electrons. The molecule has 0 aliphatic carbocycles. The number of methoxy groups -OCH3 is 1. The molecule has 1 saturated heterocycles. The average Bonchev–Trinajstić information content (AvgIpc) is 2.91. The van der Waals surface area contributed by atoms with Gasteiger partial charge in [0.25, 0.3) is 0 Å². The number of thioether (sulfide) groups is 1. The maximum absolute atomic E-state index is 9.21. The van der Waals surface area contributed by atoms with Gasteiger partial charge in [0.1, 0.15) is 6.10 Å². The van der Waals surface area contributed by atoms with Gasteiger partial charge < -0.3 is 20.3 Å². The highest BCUT2D eigenvalue weighted by Crippen LogP contribution is 2.36. The molecule has 1 heterocycles. The second-order valence-electron chi connectivity index (χ2n) is 4.27. The van der Waals surface area contributed by atoms with Gasteiger partial charge in [0.15, 0.2) is 11.5 Å². The predicted molar refractivity (Wildman–Crippen MR) is 73.4 cm³/mol. The van der Waals surface area contributed by atoms with Crippen LogP contribution in [0.3, 0.4) is 0 Å². The van der Waals surface area contributed by atoms with Crippen LogP contribution in [0.5, 0.6) is 11.5 Å². The van der Waals surface area contributed by atoms with E-state index in [1.807, 2.05) is 30.0 Å². The van der Waals surface area contributed by atoms with E-state index in [0.29, 0.717) is 11.5 Å². The Hall–Kier alpha value is -0.910. The van der Waals surface area contributed by atoms with Crippen molar-refractivity contribution < 1.29 is 14.6 Å². The van der Waals surface area contributed by atoms with Crippen molar-refractivity contribution in [2.45, 2.75) is 18.6 Å². The number of aliphatic hydroxyl groups is 1. The number of para-hydroxylation sites is 1. The van der Waals surface area contributed by atoms with Crippen LogP contribution in [0.1, 0.15) is 18.0 Å². The maximum Gasteiger partial charge on any atom is 0.166 e. The molecule has 2 unspecified atom stereocenters. The molecule has 0 aromatic heterocycles. The first kappa shape index (κ1) is 13.5. The quantitative estimate of drug-likeness (QED) is 0.849. The summed E-state index contributed by atoms with van der Waals surface area (Å²) in [6, 6.07) is 5.15. The van der Waals surface area contributed by atoms with Crippen LogP contribution < -0.4 is 15.2 Å². The summed E-state index contributed by atoms with van der Waals surface area (Å²) in [6.07, 6.45) is 1.24. The molecule has 1 aromatic carbocycles. The van der Waals surface area contributed by atoms with Crippen LogP contribution in [0, 0.1) is 0 Å². The fraction of sp³-hybridized carbons (Fsp3) is 0.538. The highest BCUT2D eigenvalue weighted by molar-refractivity contribution is 7.99. The Morgan fingerprint density at radius 1 is 1.56 bits per heavy atom. The molecule has 1 aliphatic rings. The number of nitrogens with two attached hydrogens (primary N) is 1. The van der Waals surface area contributed by atoms with Crippen molar-refractivity contribution in [3.63, 3.8) is 0 Å². The Kier molecular flexibility index (Phi) is 4.74. The second-order valence-corrected chi connectivity index (χ2v) is 5.42. The molecular formula is C13H19NO3S. The zero-order valence-electron chi connectivity index (χ0n) is 10.5. The Labute approximate surface area is 111 Å². The zero-order chi connectivity index (χ0) is 13.0. The van der Waals surface area contributed by atoms with Crippen LogP contribution in [0.2, 0.25) is 0 Å². The highest BCUT2D eigenvalue weighted by atomic mass is 32.2. The SMILES string of the molecule is COc1cccc(C(N)CO)c1OC1CCSC1. The molecule has 2 atom stereocenters. The summed E-state index contributed by atoms with van der Waals surface area (Å²) in [4.78, 5) is 0. The molecule has 0 spiro atoms. The van der Waals surface area contributed by atoms with E-state index in [4.69, 9.17) is 15.2 Å². The van der Waals surface area contributed by atoms with E-state index in [0.717, 1.165) is 23.5 Å². The summed E-state index contributed by atoms with van der Waals surface area (Å²) < 4.78 is 11.3. The van der Waals surface area contributed by atoms with Crippen molar-refractivity contribution in [2.75, 3.05) is 25.2 Å². The van der Waals surface area contributed by atoms with Gasteiger partial charge in [0.2, 0.25) is 0 Å². The molecule has 0 radical (unpaired) electrons. The van der Waals surface area contributed by atoms with E-state index >= 15 is 0 Å². The summed E-state index contributed by atoms with van der Waals surface area (Å²) in [6.45, 7) is -0.108. The van der Waals surface area contributed by atoms with Crippen molar-refractivity contribution in [1.82, 2.24) is 0 Å². The van der Waals surface area contributed by atoms with Crippen LogP contribution in [-0.2, 0) is 0 Å². The van der Waals surface area contributed by atoms with E-state index in [9.17, 15) is 5.11 Å². The average molecular weight is 269 g/mol. The number of hydrogen-bond donors (Lipinski definition) is 2. The lowest BCUT2D eigenvalue weighted by Crippen LogP contribution is -2.20. The summed E-state index contributed by atoms with van der Waals surface area (Å²) >= 11 is 1.89. The Morgan fingerprint density at radius 3 is 3.00 bits per heavy atom. The molecule has 1 aliphatic heterocycles. The van der Waals surface area contributed by atoms with E-state index in [-0.39, 0.29) is 12.7 Å². The van der Waals surface area contributed by atoms with Gasteiger partial charge in [0, 0.05) is 11.3 Å². The summed E-state index contributed by atoms with van der Waals surface area (Å²) in [7, 11) is 1.61. The third kappa shape index (κ3) is 2.91. The zero-order valence-corrected chi connectivity index (χ0v) is 11.3. The van der Waals surface area contributed by atoms with E-state index < -0.39 is 6.04 Å². The van der Waals surface area contributed by atoms with Crippen molar-refractivity contribution in [1.29, 1.82) is 0 Å².